The number of ether oxygens (including phenoxy) is 1. The molecule has 3 heteroatoms. The van der Waals surface area contributed by atoms with Crippen molar-refractivity contribution in [1.82, 2.24) is 0 Å². The first kappa shape index (κ1) is 11.5. The maximum atomic E-state index is 11.1. The lowest BCUT2D eigenvalue weighted by atomic mass is 9.94. The summed E-state index contributed by atoms with van der Waals surface area (Å²) < 4.78 is 5.54. The molecule has 0 unspecified atom stereocenters. The van der Waals surface area contributed by atoms with E-state index in [1.54, 1.807) is 18.2 Å². The van der Waals surface area contributed by atoms with Crippen molar-refractivity contribution in [3.05, 3.63) is 71.3 Å². The molecule has 3 nitrogen and oxygen atoms in total. The van der Waals surface area contributed by atoms with Crippen LogP contribution < -0.4 is 4.74 Å². The smallest absolute Gasteiger partial charge is 0.335 e. The van der Waals surface area contributed by atoms with Crippen LogP contribution in [0.4, 0.5) is 0 Å². The van der Waals surface area contributed by atoms with E-state index in [2.05, 4.69) is 0 Å². The number of carboxylic acid groups (broad SMARTS) is 1. The van der Waals surface area contributed by atoms with Gasteiger partial charge in [-0.2, -0.15) is 0 Å². The quantitative estimate of drug-likeness (QED) is 0.892. The second-order valence-electron chi connectivity index (χ2n) is 4.31. The zero-order chi connectivity index (χ0) is 13.2. The van der Waals surface area contributed by atoms with E-state index >= 15 is 0 Å². The van der Waals surface area contributed by atoms with E-state index in [0.29, 0.717) is 6.61 Å². The molecule has 0 atom stereocenters. The molecule has 1 heterocycles. The van der Waals surface area contributed by atoms with Crippen molar-refractivity contribution in [3.63, 3.8) is 0 Å². The van der Waals surface area contributed by atoms with Crippen LogP contribution in [-0.4, -0.2) is 17.7 Å². The number of fused-ring (bicyclic) bond motifs is 1. The van der Waals surface area contributed by atoms with Gasteiger partial charge in [0, 0.05) is 5.56 Å². The number of hydrogen-bond donors (Lipinski definition) is 1. The summed E-state index contributed by atoms with van der Waals surface area (Å²) >= 11 is 0. The van der Waals surface area contributed by atoms with Crippen molar-refractivity contribution in [3.8, 4) is 5.75 Å². The van der Waals surface area contributed by atoms with Gasteiger partial charge >= 0.3 is 5.97 Å². The SMILES string of the molecule is O=C(O)c1ccc2c(c1)C(c1ccccc1)=CCO2. The second-order valence-corrected chi connectivity index (χ2v) is 4.31. The standard InChI is InChI=1S/C16H12O3/c17-16(18)12-6-7-15-14(10-12)13(8-9-19-15)11-4-2-1-3-5-11/h1-8,10H,9H2,(H,17,18). The highest BCUT2D eigenvalue weighted by atomic mass is 16.5. The highest BCUT2D eigenvalue weighted by Gasteiger charge is 2.17. The van der Waals surface area contributed by atoms with E-state index in [0.717, 1.165) is 22.4 Å². The van der Waals surface area contributed by atoms with Crippen LogP contribution in [-0.2, 0) is 0 Å². The fourth-order valence-corrected chi connectivity index (χ4v) is 2.22. The Hall–Kier alpha value is -2.55. The maximum absolute atomic E-state index is 11.1. The molecule has 0 amide bonds. The molecule has 19 heavy (non-hydrogen) atoms. The Morgan fingerprint density at radius 2 is 1.89 bits per heavy atom. The van der Waals surface area contributed by atoms with Gasteiger partial charge in [0.1, 0.15) is 12.4 Å². The van der Waals surface area contributed by atoms with Gasteiger partial charge in [0.05, 0.1) is 5.56 Å². The molecular weight excluding hydrogens is 240 g/mol. The monoisotopic (exact) mass is 252 g/mol. The Balaban J connectivity index is 2.13. The molecule has 0 saturated heterocycles. The minimum absolute atomic E-state index is 0.270. The van der Waals surface area contributed by atoms with E-state index in [-0.39, 0.29) is 5.56 Å². The lowest BCUT2D eigenvalue weighted by molar-refractivity contribution is 0.0697. The van der Waals surface area contributed by atoms with Gasteiger partial charge in [-0.1, -0.05) is 30.3 Å². The lowest BCUT2D eigenvalue weighted by Gasteiger charge is -2.19. The van der Waals surface area contributed by atoms with Crippen molar-refractivity contribution in [2.45, 2.75) is 0 Å². The number of aromatic carboxylic acids is 1. The van der Waals surface area contributed by atoms with Crippen LogP contribution in [0.15, 0.2) is 54.6 Å². The number of carboxylic acids is 1. The normalized spacial score (nSPS) is 13.2. The van der Waals surface area contributed by atoms with E-state index in [1.165, 1.54) is 0 Å². The van der Waals surface area contributed by atoms with E-state index in [9.17, 15) is 4.79 Å². The van der Waals surface area contributed by atoms with Crippen LogP contribution in [0.25, 0.3) is 5.57 Å². The van der Waals surface area contributed by atoms with Crippen molar-refractivity contribution in [2.24, 2.45) is 0 Å². The molecule has 1 aliphatic rings. The van der Waals surface area contributed by atoms with E-state index < -0.39 is 5.97 Å². The first-order valence-electron chi connectivity index (χ1n) is 6.02. The minimum atomic E-state index is -0.930. The summed E-state index contributed by atoms with van der Waals surface area (Å²) in [6.07, 6.45) is 1.98. The number of rotatable bonds is 2. The highest BCUT2D eigenvalue weighted by molar-refractivity contribution is 5.92. The molecule has 0 bridgehead atoms. The zero-order valence-electron chi connectivity index (χ0n) is 10.2. The summed E-state index contributed by atoms with van der Waals surface area (Å²) in [5, 5.41) is 9.08. The maximum Gasteiger partial charge on any atom is 0.335 e. The minimum Gasteiger partial charge on any atom is -0.489 e. The Kier molecular flexibility index (Phi) is 2.80. The molecule has 0 fully saturated rings. The highest BCUT2D eigenvalue weighted by Crippen LogP contribution is 2.34. The van der Waals surface area contributed by atoms with Gasteiger partial charge in [-0.25, -0.2) is 4.79 Å². The fourth-order valence-electron chi connectivity index (χ4n) is 2.22. The van der Waals surface area contributed by atoms with Crippen LogP contribution in [0.1, 0.15) is 21.5 Å². The van der Waals surface area contributed by atoms with E-state index in [4.69, 9.17) is 9.84 Å². The average molecular weight is 252 g/mol. The molecule has 94 valence electrons. The molecule has 0 saturated carbocycles. The van der Waals surface area contributed by atoms with Gasteiger partial charge in [-0.05, 0) is 35.4 Å². The van der Waals surface area contributed by atoms with Crippen molar-refractivity contribution in [2.75, 3.05) is 6.61 Å². The molecular formula is C16H12O3. The molecule has 1 N–H and O–H groups in total. The first-order chi connectivity index (χ1) is 9.25. The van der Waals surface area contributed by atoms with Gasteiger partial charge in [-0.15, -0.1) is 0 Å². The third kappa shape index (κ3) is 2.10. The summed E-state index contributed by atoms with van der Waals surface area (Å²) in [5.41, 5.74) is 3.18. The Labute approximate surface area is 110 Å². The molecule has 0 radical (unpaired) electrons. The third-order valence-corrected chi connectivity index (χ3v) is 3.13. The molecule has 2 aromatic carbocycles. The Morgan fingerprint density at radius 3 is 2.63 bits per heavy atom. The second kappa shape index (κ2) is 4.61. The molecule has 2 aromatic rings. The van der Waals surface area contributed by atoms with Gasteiger partial charge in [0.2, 0.25) is 0 Å². The number of carbonyl (C=O) groups is 1. The summed E-state index contributed by atoms with van der Waals surface area (Å²) in [6.45, 7) is 0.504. The first-order valence-corrected chi connectivity index (χ1v) is 6.02. The summed E-state index contributed by atoms with van der Waals surface area (Å²) in [5.74, 6) is -0.202. The molecule has 1 aliphatic heterocycles. The summed E-state index contributed by atoms with van der Waals surface area (Å²) in [6, 6.07) is 14.8. The Morgan fingerprint density at radius 1 is 1.11 bits per heavy atom. The van der Waals surface area contributed by atoms with Crippen LogP contribution >= 0.6 is 0 Å². The van der Waals surface area contributed by atoms with Crippen molar-refractivity contribution >= 4 is 11.5 Å². The van der Waals surface area contributed by atoms with Gasteiger partial charge in [-0.3, -0.25) is 0 Å². The fraction of sp³-hybridized carbons (Fsp3) is 0.0625. The molecule has 0 spiro atoms. The largest absolute Gasteiger partial charge is 0.489 e. The lowest BCUT2D eigenvalue weighted by Crippen LogP contribution is -2.07. The van der Waals surface area contributed by atoms with Crippen molar-refractivity contribution in [1.29, 1.82) is 0 Å². The average Bonchev–Trinajstić information content (AvgIpc) is 2.47. The van der Waals surface area contributed by atoms with Gasteiger partial charge < -0.3 is 9.84 Å². The van der Waals surface area contributed by atoms with Crippen molar-refractivity contribution < 1.29 is 14.6 Å². The van der Waals surface area contributed by atoms with Crippen LogP contribution in [0.3, 0.4) is 0 Å². The zero-order valence-corrected chi connectivity index (χ0v) is 10.2. The van der Waals surface area contributed by atoms with Crippen LogP contribution in [0.2, 0.25) is 0 Å². The predicted octanol–water partition coefficient (Wildman–Crippen LogP) is 3.21. The van der Waals surface area contributed by atoms with Crippen LogP contribution in [0.5, 0.6) is 5.75 Å². The van der Waals surface area contributed by atoms with Gasteiger partial charge in [0.25, 0.3) is 0 Å². The molecule has 3 rings (SSSR count). The topological polar surface area (TPSA) is 46.5 Å². The van der Waals surface area contributed by atoms with Crippen LogP contribution in [0, 0.1) is 0 Å². The molecule has 0 aromatic heterocycles. The third-order valence-electron chi connectivity index (χ3n) is 3.13. The molecule has 0 aliphatic carbocycles. The Bertz CT molecular complexity index is 657. The predicted molar refractivity (Wildman–Crippen MR) is 72.4 cm³/mol. The van der Waals surface area contributed by atoms with Gasteiger partial charge in [0.15, 0.2) is 0 Å². The summed E-state index contributed by atoms with van der Waals surface area (Å²) in [4.78, 5) is 11.1. The number of hydrogen-bond acceptors (Lipinski definition) is 2. The number of benzene rings is 2. The van der Waals surface area contributed by atoms with E-state index in [1.807, 2.05) is 36.4 Å². The summed E-state index contributed by atoms with van der Waals surface area (Å²) in [7, 11) is 0.